The molecule has 0 bridgehead atoms. The van der Waals surface area contributed by atoms with Crippen LogP contribution in [0.2, 0.25) is 0 Å². The van der Waals surface area contributed by atoms with Crippen molar-refractivity contribution in [2.45, 2.75) is 6.54 Å². The van der Waals surface area contributed by atoms with Gasteiger partial charge in [-0.15, -0.1) is 0 Å². The Labute approximate surface area is 88.3 Å². The van der Waals surface area contributed by atoms with E-state index in [1.54, 1.807) is 7.05 Å². The number of carboxylic acid groups (broad SMARTS) is 1. The third-order valence-electron chi connectivity index (χ3n) is 1.61. The van der Waals surface area contributed by atoms with Gasteiger partial charge in [-0.05, 0) is 15.9 Å². The first kappa shape index (κ1) is 10.5. The molecule has 0 saturated carbocycles. The average Bonchev–Trinajstić information content (AvgIpc) is 2.39. The van der Waals surface area contributed by atoms with Crippen LogP contribution in [0.15, 0.2) is 4.47 Å². The molecule has 14 heavy (non-hydrogen) atoms. The fourth-order valence-corrected chi connectivity index (χ4v) is 1.52. The monoisotopic (exact) mass is 258 g/mol. The number of hydrogen-bond donors (Lipinski definition) is 2. The van der Waals surface area contributed by atoms with Crippen molar-refractivity contribution in [2.75, 3.05) is 0 Å². The fourth-order valence-electron chi connectivity index (χ4n) is 0.956. The Kier molecular flexibility index (Phi) is 3.09. The molecule has 0 aliphatic rings. The van der Waals surface area contributed by atoms with E-state index in [4.69, 9.17) is 10.4 Å². The number of carbonyl (C=O) groups is 1. The summed E-state index contributed by atoms with van der Waals surface area (Å²) >= 11 is 3.17. The van der Waals surface area contributed by atoms with E-state index < -0.39 is 6.09 Å². The second-order valence-corrected chi connectivity index (χ2v) is 3.30. The van der Waals surface area contributed by atoms with Gasteiger partial charge in [0, 0.05) is 7.05 Å². The normalized spacial score (nSPS) is 9.50. The molecule has 74 valence electrons. The van der Waals surface area contributed by atoms with E-state index in [0.717, 1.165) is 0 Å². The highest BCUT2D eigenvalue weighted by Gasteiger charge is 2.13. The summed E-state index contributed by atoms with van der Waals surface area (Å²) in [4.78, 5) is 10.3. The van der Waals surface area contributed by atoms with Crippen molar-refractivity contribution in [3.8, 4) is 6.07 Å². The number of aromatic nitrogens is 2. The number of nitrogens with zero attached hydrogens (tertiary/aromatic N) is 3. The lowest BCUT2D eigenvalue weighted by Gasteiger charge is -2.01. The molecule has 1 aromatic rings. The van der Waals surface area contributed by atoms with Crippen LogP contribution in [-0.4, -0.2) is 21.0 Å². The third-order valence-corrected chi connectivity index (χ3v) is 2.45. The lowest BCUT2D eigenvalue weighted by atomic mass is 10.3. The second-order valence-electron chi connectivity index (χ2n) is 2.50. The summed E-state index contributed by atoms with van der Waals surface area (Å²) in [5, 5.41) is 23.1. The van der Waals surface area contributed by atoms with E-state index >= 15 is 0 Å². The van der Waals surface area contributed by atoms with Crippen LogP contribution in [0, 0.1) is 11.3 Å². The van der Waals surface area contributed by atoms with Crippen LogP contribution in [0.4, 0.5) is 4.79 Å². The third kappa shape index (κ3) is 2.03. The topological polar surface area (TPSA) is 90.9 Å². The minimum Gasteiger partial charge on any atom is -0.465 e. The van der Waals surface area contributed by atoms with E-state index in [2.05, 4.69) is 26.3 Å². The highest BCUT2D eigenvalue weighted by molar-refractivity contribution is 9.10. The van der Waals surface area contributed by atoms with Gasteiger partial charge in [0.2, 0.25) is 0 Å². The summed E-state index contributed by atoms with van der Waals surface area (Å²) in [5.74, 6) is 0. The SMILES string of the molecule is Cn1nc(C#N)c(Br)c1CNC(=O)O. The Balaban J connectivity index is 2.92. The van der Waals surface area contributed by atoms with Gasteiger partial charge in [0.25, 0.3) is 0 Å². The van der Waals surface area contributed by atoms with Crippen molar-refractivity contribution in [3.63, 3.8) is 0 Å². The molecule has 1 amide bonds. The standard InChI is InChI=1S/C7H7BrN4O2/c1-12-5(3-10-7(13)14)6(8)4(2-9)11-12/h10H,3H2,1H3,(H,13,14). The maximum absolute atomic E-state index is 10.3. The predicted molar refractivity (Wildman–Crippen MR) is 50.5 cm³/mol. The molecule has 0 radical (unpaired) electrons. The van der Waals surface area contributed by atoms with E-state index in [1.807, 2.05) is 6.07 Å². The maximum atomic E-state index is 10.3. The molecule has 1 rings (SSSR count). The lowest BCUT2D eigenvalue weighted by Crippen LogP contribution is -2.21. The first-order valence-corrected chi connectivity index (χ1v) is 4.43. The van der Waals surface area contributed by atoms with Crippen molar-refractivity contribution >= 4 is 22.0 Å². The molecule has 1 heterocycles. The van der Waals surface area contributed by atoms with E-state index in [9.17, 15) is 4.79 Å². The van der Waals surface area contributed by atoms with Crippen LogP contribution in [0.5, 0.6) is 0 Å². The van der Waals surface area contributed by atoms with Gasteiger partial charge in [0.05, 0.1) is 16.7 Å². The molecule has 0 unspecified atom stereocenters. The van der Waals surface area contributed by atoms with Gasteiger partial charge < -0.3 is 10.4 Å². The second kappa shape index (κ2) is 4.11. The van der Waals surface area contributed by atoms with Crippen molar-refractivity contribution in [3.05, 3.63) is 15.9 Å². The molecular formula is C7H7BrN4O2. The molecular weight excluding hydrogens is 252 g/mol. The van der Waals surface area contributed by atoms with Crippen molar-refractivity contribution in [1.29, 1.82) is 5.26 Å². The van der Waals surface area contributed by atoms with Gasteiger partial charge in [-0.1, -0.05) is 0 Å². The Morgan fingerprint density at radius 2 is 2.50 bits per heavy atom. The maximum Gasteiger partial charge on any atom is 0.404 e. The molecule has 0 aliphatic carbocycles. The molecule has 0 atom stereocenters. The summed E-state index contributed by atoms with van der Waals surface area (Å²) in [6.07, 6.45) is -1.11. The number of amides is 1. The van der Waals surface area contributed by atoms with Gasteiger partial charge in [-0.2, -0.15) is 10.4 Å². The van der Waals surface area contributed by atoms with Gasteiger partial charge in [-0.3, -0.25) is 4.68 Å². The molecule has 0 fully saturated rings. The zero-order chi connectivity index (χ0) is 10.7. The molecule has 7 heteroatoms. The fraction of sp³-hybridized carbons (Fsp3) is 0.286. The van der Waals surface area contributed by atoms with Crippen LogP contribution in [0.25, 0.3) is 0 Å². The summed E-state index contributed by atoms with van der Waals surface area (Å²) in [7, 11) is 1.64. The minimum atomic E-state index is -1.11. The van der Waals surface area contributed by atoms with Crippen LogP contribution in [-0.2, 0) is 13.6 Å². The lowest BCUT2D eigenvalue weighted by molar-refractivity contribution is 0.193. The Morgan fingerprint density at radius 1 is 1.86 bits per heavy atom. The Bertz CT molecular complexity index is 407. The van der Waals surface area contributed by atoms with Gasteiger partial charge in [0.15, 0.2) is 5.69 Å². The molecule has 0 spiro atoms. The largest absolute Gasteiger partial charge is 0.465 e. The molecule has 1 aromatic heterocycles. The van der Waals surface area contributed by atoms with Gasteiger partial charge in [-0.25, -0.2) is 4.79 Å². The summed E-state index contributed by atoms with van der Waals surface area (Å²) in [6.45, 7) is 0.112. The number of aryl methyl sites for hydroxylation is 1. The number of rotatable bonds is 2. The molecule has 0 aliphatic heterocycles. The summed E-state index contributed by atoms with van der Waals surface area (Å²) < 4.78 is 1.98. The van der Waals surface area contributed by atoms with Crippen LogP contribution in [0.1, 0.15) is 11.4 Å². The van der Waals surface area contributed by atoms with Crippen LogP contribution in [0.3, 0.4) is 0 Å². The van der Waals surface area contributed by atoms with E-state index in [-0.39, 0.29) is 12.2 Å². The Morgan fingerprint density at radius 3 is 2.93 bits per heavy atom. The zero-order valence-corrected chi connectivity index (χ0v) is 8.87. The number of halogens is 1. The first-order chi connectivity index (χ1) is 6.56. The van der Waals surface area contributed by atoms with Crippen molar-refractivity contribution in [1.82, 2.24) is 15.1 Å². The van der Waals surface area contributed by atoms with Crippen LogP contribution < -0.4 is 5.32 Å². The van der Waals surface area contributed by atoms with E-state index in [0.29, 0.717) is 10.2 Å². The number of nitrogens with one attached hydrogen (secondary N) is 1. The average molecular weight is 259 g/mol. The molecule has 0 aromatic carbocycles. The first-order valence-electron chi connectivity index (χ1n) is 3.64. The smallest absolute Gasteiger partial charge is 0.404 e. The predicted octanol–water partition coefficient (Wildman–Crippen LogP) is 0.822. The van der Waals surface area contributed by atoms with Crippen molar-refractivity contribution in [2.24, 2.45) is 7.05 Å². The van der Waals surface area contributed by atoms with Crippen LogP contribution >= 0.6 is 15.9 Å². The number of hydrogen-bond acceptors (Lipinski definition) is 3. The minimum absolute atomic E-state index is 0.112. The summed E-state index contributed by atoms with van der Waals surface area (Å²) in [5.41, 5.74) is 0.860. The molecule has 6 nitrogen and oxygen atoms in total. The zero-order valence-electron chi connectivity index (χ0n) is 7.28. The molecule has 0 saturated heterocycles. The van der Waals surface area contributed by atoms with Crippen molar-refractivity contribution < 1.29 is 9.90 Å². The highest BCUT2D eigenvalue weighted by Crippen LogP contribution is 2.19. The Hall–Kier alpha value is -1.55. The van der Waals surface area contributed by atoms with Gasteiger partial charge in [0.1, 0.15) is 6.07 Å². The quantitative estimate of drug-likeness (QED) is 0.822. The van der Waals surface area contributed by atoms with E-state index in [1.165, 1.54) is 4.68 Å². The summed E-state index contributed by atoms with van der Waals surface area (Å²) in [6, 6.07) is 1.89. The van der Waals surface area contributed by atoms with Gasteiger partial charge >= 0.3 is 6.09 Å². The number of nitriles is 1. The highest BCUT2D eigenvalue weighted by atomic mass is 79.9. The molecule has 2 N–H and O–H groups in total.